The fourth-order valence-corrected chi connectivity index (χ4v) is 1.85. The van der Waals surface area contributed by atoms with Gasteiger partial charge in [-0.15, -0.1) is 0 Å². The van der Waals surface area contributed by atoms with Crippen molar-refractivity contribution < 1.29 is 14.2 Å². The van der Waals surface area contributed by atoms with Crippen LogP contribution < -0.4 is 19.9 Å². The van der Waals surface area contributed by atoms with Crippen molar-refractivity contribution in [3.8, 4) is 23.0 Å². The molecule has 0 radical (unpaired) electrons. The molecule has 2 aromatic carbocycles. The largest absolute Gasteiger partial charge is 0.497 e. The lowest BCUT2D eigenvalue weighted by Crippen LogP contribution is -2.01. The van der Waals surface area contributed by atoms with Gasteiger partial charge in [-0.2, -0.15) is 0 Å². The van der Waals surface area contributed by atoms with Gasteiger partial charge >= 0.3 is 0 Å². The van der Waals surface area contributed by atoms with Crippen LogP contribution in [0.2, 0.25) is 0 Å². The third-order valence-electron chi connectivity index (χ3n) is 2.86. The fourth-order valence-electron chi connectivity index (χ4n) is 1.85. The van der Waals surface area contributed by atoms with E-state index in [-0.39, 0.29) is 0 Å². The summed E-state index contributed by atoms with van der Waals surface area (Å²) in [5.41, 5.74) is 6.65. The summed E-state index contributed by atoms with van der Waals surface area (Å²) in [6, 6.07) is 13.1. The topological polar surface area (TPSA) is 53.7 Å². The number of benzene rings is 2. The van der Waals surface area contributed by atoms with Crippen molar-refractivity contribution in [2.24, 2.45) is 5.73 Å². The van der Waals surface area contributed by atoms with Crippen molar-refractivity contribution in [3.05, 3.63) is 48.0 Å². The van der Waals surface area contributed by atoms with E-state index in [1.807, 2.05) is 49.4 Å². The first-order chi connectivity index (χ1) is 9.78. The molecule has 2 aromatic rings. The van der Waals surface area contributed by atoms with Gasteiger partial charge in [-0.25, -0.2) is 0 Å². The predicted octanol–water partition coefficient (Wildman–Crippen LogP) is 3.34. The molecule has 0 aliphatic rings. The van der Waals surface area contributed by atoms with Crippen LogP contribution in [0.1, 0.15) is 12.5 Å². The Morgan fingerprint density at radius 1 is 1.00 bits per heavy atom. The summed E-state index contributed by atoms with van der Waals surface area (Å²) < 4.78 is 16.7. The van der Waals surface area contributed by atoms with Crippen LogP contribution in [0.5, 0.6) is 23.0 Å². The van der Waals surface area contributed by atoms with Gasteiger partial charge in [-0.1, -0.05) is 18.2 Å². The van der Waals surface area contributed by atoms with Crippen LogP contribution in [0, 0.1) is 0 Å². The van der Waals surface area contributed by atoms with Gasteiger partial charge in [0, 0.05) is 18.2 Å². The maximum absolute atomic E-state index is 5.94. The second-order valence-electron chi connectivity index (χ2n) is 4.16. The maximum Gasteiger partial charge on any atom is 0.169 e. The monoisotopic (exact) mass is 273 g/mol. The van der Waals surface area contributed by atoms with Crippen LogP contribution >= 0.6 is 0 Å². The van der Waals surface area contributed by atoms with E-state index in [2.05, 4.69) is 0 Å². The summed E-state index contributed by atoms with van der Waals surface area (Å²) in [4.78, 5) is 0. The van der Waals surface area contributed by atoms with E-state index in [0.29, 0.717) is 30.4 Å². The smallest absolute Gasteiger partial charge is 0.169 e. The van der Waals surface area contributed by atoms with Crippen molar-refractivity contribution in [3.63, 3.8) is 0 Å². The van der Waals surface area contributed by atoms with Crippen molar-refractivity contribution in [2.45, 2.75) is 13.5 Å². The lowest BCUT2D eigenvalue weighted by atomic mass is 10.2. The molecule has 0 saturated carbocycles. The number of rotatable bonds is 6. The summed E-state index contributed by atoms with van der Waals surface area (Å²) >= 11 is 0. The molecule has 0 spiro atoms. The molecule has 0 saturated heterocycles. The number of hydrogen-bond acceptors (Lipinski definition) is 4. The third-order valence-corrected chi connectivity index (χ3v) is 2.86. The molecule has 2 N–H and O–H groups in total. The van der Waals surface area contributed by atoms with Gasteiger partial charge in [-0.05, 0) is 25.1 Å². The zero-order valence-corrected chi connectivity index (χ0v) is 11.8. The summed E-state index contributed by atoms with van der Waals surface area (Å²) in [5, 5.41) is 0. The summed E-state index contributed by atoms with van der Waals surface area (Å²) in [6.07, 6.45) is 0. The summed E-state index contributed by atoms with van der Waals surface area (Å²) in [7, 11) is 1.62. The second-order valence-corrected chi connectivity index (χ2v) is 4.16. The molecule has 0 unspecified atom stereocenters. The average molecular weight is 273 g/mol. The van der Waals surface area contributed by atoms with Crippen molar-refractivity contribution in [1.82, 2.24) is 0 Å². The molecule has 0 fully saturated rings. The molecule has 0 amide bonds. The quantitative estimate of drug-likeness (QED) is 0.877. The normalized spacial score (nSPS) is 10.2. The van der Waals surface area contributed by atoms with E-state index in [1.54, 1.807) is 7.11 Å². The molecule has 4 nitrogen and oxygen atoms in total. The Balaban J connectivity index is 2.33. The minimum absolute atomic E-state index is 0.399. The van der Waals surface area contributed by atoms with Crippen LogP contribution in [-0.2, 0) is 6.54 Å². The van der Waals surface area contributed by atoms with Crippen molar-refractivity contribution in [1.29, 1.82) is 0 Å². The molecule has 20 heavy (non-hydrogen) atoms. The van der Waals surface area contributed by atoms with Gasteiger partial charge in [0.2, 0.25) is 0 Å². The minimum Gasteiger partial charge on any atom is -0.497 e. The lowest BCUT2D eigenvalue weighted by Gasteiger charge is -2.14. The molecule has 0 aromatic heterocycles. The average Bonchev–Trinajstić information content (AvgIpc) is 2.49. The van der Waals surface area contributed by atoms with Gasteiger partial charge in [0.25, 0.3) is 0 Å². The van der Waals surface area contributed by atoms with Crippen LogP contribution in [0.25, 0.3) is 0 Å². The van der Waals surface area contributed by atoms with E-state index >= 15 is 0 Å². The number of nitrogens with two attached hydrogens (primary N) is 1. The summed E-state index contributed by atoms with van der Waals surface area (Å²) in [5.74, 6) is 2.78. The Morgan fingerprint density at radius 3 is 2.40 bits per heavy atom. The Bertz CT molecular complexity index is 569. The first kappa shape index (κ1) is 14.2. The first-order valence-corrected chi connectivity index (χ1v) is 6.55. The Morgan fingerprint density at radius 2 is 1.75 bits per heavy atom. The molecular weight excluding hydrogens is 254 g/mol. The summed E-state index contributed by atoms with van der Waals surface area (Å²) in [6.45, 7) is 2.92. The SMILES string of the molecule is CCOc1ccccc1Oc1cc(OC)ccc1CN. The van der Waals surface area contributed by atoms with Crippen LogP contribution in [0.4, 0.5) is 0 Å². The molecule has 0 aliphatic heterocycles. The number of methoxy groups -OCH3 is 1. The number of para-hydroxylation sites is 2. The highest BCUT2D eigenvalue weighted by molar-refractivity contribution is 5.47. The maximum atomic E-state index is 5.94. The molecule has 106 valence electrons. The molecule has 0 bridgehead atoms. The highest BCUT2D eigenvalue weighted by atomic mass is 16.5. The number of ether oxygens (including phenoxy) is 3. The molecular formula is C16H19NO3. The minimum atomic E-state index is 0.399. The third kappa shape index (κ3) is 3.22. The number of hydrogen-bond donors (Lipinski definition) is 1. The van der Waals surface area contributed by atoms with Crippen LogP contribution in [-0.4, -0.2) is 13.7 Å². The molecule has 2 rings (SSSR count). The van der Waals surface area contributed by atoms with E-state index in [9.17, 15) is 0 Å². The predicted molar refractivity (Wildman–Crippen MR) is 78.6 cm³/mol. The van der Waals surface area contributed by atoms with Gasteiger partial charge < -0.3 is 19.9 Å². The lowest BCUT2D eigenvalue weighted by molar-refractivity contribution is 0.320. The second kappa shape index (κ2) is 6.82. The van der Waals surface area contributed by atoms with Crippen LogP contribution in [0.15, 0.2) is 42.5 Å². The molecule has 0 heterocycles. The zero-order chi connectivity index (χ0) is 14.4. The Labute approximate surface area is 119 Å². The van der Waals surface area contributed by atoms with Gasteiger partial charge in [-0.3, -0.25) is 0 Å². The Kier molecular flexibility index (Phi) is 4.85. The standard InChI is InChI=1S/C16H19NO3/c1-3-19-14-6-4-5-7-15(14)20-16-10-13(18-2)9-8-12(16)11-17/h4-10H,3,11,17H2,1-2H3. The van der Waals surface area contributed by atoms with E-state index in [0.717, 1.165) is 11.3 Å². The van der Waals surface area contributed by atoms with Gasteiger partial charge in [0.05, 0.1) is 13.7 Å². The van der Waals surface area contributed by atoms with Crippen LogP contribution in [0.3, 0.4) is 0 Å². The fraction of sp³-hybridized carbons (Fsp3) is 0.250. The molecule has 4 heteroatoms. The Hall–Kier alpha value is -2.20. The van der Waals surface area contributed by atoms with Crippen molar-refractivity contribution >= 4 is 0 Å². The highest BCUT2D eigenvalue weighted by Crippen LogP contribution is 2.34. The first-order valence-electron chi connectivity index (χ1n) is 6.55. The van der Waals surface area contributed by atoms with Gasteiger partial charge in [0.15, 0.2) is 11.5 Å². The van der Waals surface area contributed by atoms with Crippen molar-refractivity contribution in [2.75, 3.05) is 13.7 Å². The molecule has 0 aliphatic carbocycles. The van der Waals surface area contributed by atoms with E-state index in [4.69, 9.17) is 19.9 Å². The van der Waals surface area contributed by atoms with E-state index in [1.165, 1.54) is 0 Å². The van der Waals surface area contributed by atoms with E-state index < -0.39 is 0 Å². The molecule has 0 atom stereocenters. The zero-order valence-electron chi connectivity index (χ0n) is 11.8. The highest BCUT2D eigenvalue weighted by Gasteiger charge is 2.09. The van der Waals surface area contributed by atoms with Gasteiger partial charge in [0.1, 0.15) is 11.5 Å².